The summed E-state index contributed by atoms with van der Waals surface area (Å²) >= 11 is 0. The van der Waals surface area contributed by atoms with Gasteiger partial charge in [-0.1, -0.05) is 37.3 Å². The molecule has 10 nitrogen and oxygen atoms in total. The maximum Gasteiger partial charge on any atom is 0.405 e. The Labute approximate surface area is 188 Å². The van der Waals surface area contributed by atoms with Crippen LogP contribution < -0.4 is 11.2 Å². The number of nitrogens with one attached hydrogen (secondary N) is 1. The Bertz CT molecular complexity index is 767. The predicted octanol–water partition coefficient (Wildman–Crippen LogP) is 2.72. The Morgan fingerprint density at radius 2 is 1.88 bits per heavy atom. The standard InChI is InChI=1S/C17H23N3O4.C5H11NO2/c1-2-10-23-18-16(21)15-9-8-14-11-19(15)17(22)20(14)24-12-13-6-4-3-5-7-13;1-5(2,3)8-4(6)7/h3-7,14-15H,2,8-12H2,1H3,(H,18,21);1-3H3,(H2,6,7)/t14?,15-;/m0./s1. The lowest BCUT2D eigenvalue weighted by atomic mass is 10.0. The molecule has 178 valence electrons. The van der Waals surface area contributed by atoms with Gasteiger partial charge in [0.2, 0.25) is 0 Å². The molecule has 3 rings (SSSR count). The van der Waals surface area contributed by atoms with Crippen LogP contribution in [0.3, 0.4) is 0 Å². The summed E-state index contributed by atoms with van der Waals surface area (Å²) in [5, 5.41) is 1.42. The van der Waals surface area contributed by atoms with Crippen LogP contribution >= 0.6 is 0 Å². The fourth-order valence-corrected chi connectivity index (χ4v) is 3.38. The molecule has 2 aliphatic rings. The molecule has 0 aliphatic carbocycles. The Hall–Kier alpha value is -2.85. The SMILES string of the molecule is CC(C)(C)OC(N)=O.CCCONC(=O)[C@@H]1CCC2CN1C(=O)N2OCc1ccccc1. The van der Waals surface area contributed by atoms with E-state index in [1.165, 1.54) is 5.06 Å². The van der Waals surface area contributed by atoms with E-state index in [0.29, 0.717) is 26.2 Å². The number of hydrogen-bond donors (Lipinski definition) is 2. The van der Waals surface area contributed by atoms with Crippen molar-refractivity contribution in [1.29, 1.82) is 0 Å². The van der Waals surface area contributed by atoms with Crippen LogP contribution in [0.2, 0.25) is 0 Å². The number of benzene rings is 1. The van der Waals surface area contributed by atoms with E-state index in [0.717, 1.165) is 18.4 Å². The molecule has 2 atom stereocenters. The first-order chi connectivity index (χ1) is 15.1. The summed E-state index contributed by atoms with van der Waals surface area (Å²) in [5.41, 5.74) is 7.71. The monoisotopic (exact) mass is 450 g/mol. The molecule has 0 radical (unpaired) electrons. The van der Waals surface area contributed by atoms with E-state index in [9.17, 15) is 14.4 Å². The molecule has 32 heavy (non-hydrogen) atoms. The van der Waals surface area contributed by atoms with Crippen LogP contribution in [0.25, 0.3) is 0 Å². The third-order valence-electron chi connectivity index (χ3n) is 4.72. The first-order valence-electron chi connectivity index (χ1n) is 10.8. The Morgan fingerprint density at radius 3 is 2.44 bits per heavy atom. The van der Waals surface area contributed by atoms with Gasteiger partial charge in [-0.05, 0) is 45.6 Å². The van der Waals surface area contributed by atoms with E-state index in [2.05, 4.69) is 10.2 Å². The number of hydroxylamine groups is 3. The number of ether oxygens (including phenoxy) is 1. The van der Waals surface area contributed by atoms with Crippen LogP contribution in [0.5, 0.6) is 0 Å². The lowest BCUT2D eigenvalue weighted by Crippen LogP contribution is -2.49. The van der Waals surface area contributed by atoms with Gasteiger partial charge in [0, 0.05) is 6.54 Å². The zero-order valence-electron chi connectivity index (χ0n) is 19.2. The maximum atomic E-state index is 12.6. The van der Waals surface area contributed by atoms with E-state index in [1.807, 2.05) is 37.3 Å². The van der Waals surface area contributed by atoms with Crippen molar-refractivity contribution in [2.24, 2.45) is 5.73 Å². The molecular weight excluding hydrogens is 416 g/mol. The molecule has 1 unspecified atom stereocenters. The fourth-order valence-electron chi connectivity index (χ4n) is 3.38. The summed E-state index contributed by atoms with van der Waals surface area (Å²) in [6.07, 6.45) is 1.44. The Morgan fingerprint density at radius 1 is 1.19 bits per heavy atom. The zero-order valence-corrected chi connectivity index (χ0v) is 19.2. The largest absolute Gasteiger partial charge is 0.444 e. The summed E-state index contributed by atoms with van der Waals surface area (Å²) in [4.78, 5) is 47.2. The average molecular weight is 451 g/mol. The molecule has 2 saturated heterocycles. The highest BCUT2D eigenvalue weighted by Crippen LogP contribution is 2.30. The molecular formula is C22H34N4O6. The van der Waals surface area contributed by atoms with Gasteiger partial charge in [-0.3, -0.25) is 14.5 Å². The van der Waals surface area contributed by atoms with Gasteiger partial charge in [0.25, 0.3) is 5.91 Å². The summed E-state index contributed by atoms with van der Waals surface area (Å²) < 4.78 is 4.58. The van der Waals surface area contributed by atoms with Gasteiger partial charge >= 0.3 is 12.1 Å². The summed E-state index contributed by atoms with van der Waals surface area (Å²) in [5.74, 6) is -0.264. The van der Waals surface area contributed by atoms with E-state index >= 15 is 0 Å². The van der Waals surface area contributed by atoms with Crippen molar-refractivity contribution in [3.63, 3.8) is 0 Å². The normalized spacial score (nSPS) is 19.8. The van der Waals surface area contributed by atoms with Gasteiger partial charge in [0.15, 0.2) is 0 Å². The van der Waals surface area contributed by atoms with Crippen LogP contribution in [0, 0.1) is 0 Å². The molecule has 2 heterocycles. The van der Waals surface area contributed by atoms with E-state index in [-0.39, 0.29) is 18.0 Å². The van der Waals surface area contributed by atoms with E-state index < -0.39 is 17.7 Å². The second-order valence-corrected chi connectivity index (χ2v) is 8.61. The van der Waals surface area contributed by atoms with Gasteiger partial charge in [0.05, 0.1) is 12.6 Å². The van der Waals surface area contributed by atoms with Crippen molar-refractivity contribution < 1.29 is 28.8 Å². The number of amides is 4. The van der Waals surface area contributed by atoms with Gasteiger partial charge in [0.1, 0.15) is 18.2 Å². The summed E-state index contributed by atoms with van der Waals surface area (Å²) in [6, 6.07) is 8.98. The zero-order chi connectivity index (χ0) is 23.7. The third kappa shape index (κ3) is 7.69. The van der Waals surface area contributed by atoms with Crippen LogP contribution in [-0.4, -0.2) is 58.8 Å². The summed E-state index contributed by atoms with van der Waals surface area (Å²) in [6.45, 7) is 8.56. The highest BCUT2D eigenvalue weighted by molar-refractivity contribution is 5.88. The molecule has 3 N–H and O–H groups in total. The highest BCUT2D eigenvalue weighted by Gasteiger charge is 2.48. The summed E-state index contributed by atoms with van der Waals surface area (Å²) in [7, 11) is 0. The first-order valence-corrected chi connectivity index (χ1v) is 10.8. The molecule has 1 aromatic carbocycles. The quantitative estimate of drug-likeness (QED) is 0.486. The number of piperidine rings is 1. The molecule has 0 spiro atoms. The number of rotatable bonds is 7. The van der Waals surface area contributed by atoms with Crippen molar-refractivity contribution in [3.05, 3.63) is 35.9 Å². The number of nitrogens with two attached hydrogens (primary N) is 1. The van der Waals surface area contributed by atoms with Gasteiger partial charge < -0.3 is 15.4 Å². The van der Waals surface area contributed by atoms with Crippen LogP contribution in [0.4, 0.5) is 9.59 Å². The van der Waals surface area contributed by atoms with Crippen molar-refractivity contribution in [3.8, 4) is 0 Å². The predicted molar refractivity (Wildman–Crippen MR) is 117 cm³/mol. The second-order valence-electron chi connectivity index (χ2n) is 8.61. The molecule has 0 aromatic heterocycles. The van der Waals surface area contributed by atoms with Gasteiger partial charge in [-0.25, -0.2) is 15.1 Å². The molecule has 2 fully saturated rings. The first kappa shape index (κ1) is 25.4. The fraction of sp³-hybridized carbons (Fsp3) is 0.591. The van der Waals surface area contributed by atoms with Gasteiger partial charge in [-0.15, -0.1) is 0 Å². The molecule has 10 heteroatoms. The average Bonchev–Trinajstić information content (AvgIpc) is 2.96. The molecule has 2 bridgehead atoms. The molecule has 1 aromatic rings. The Balaban J connectivity index is 0.000000390. The Kier molecular flexibility index (Phi) is 9.27. The number of carbonyl (C=O) groups excluding carboxylic acids is 3. The highest BCUT2D eigenvalue weighted by atomic mass is 16.7. The number of primary amides is 1. The van der Waals surface area contributed by atoms with Crippen molar-refractivity contribution in [2.75, 3.05) is 13.2 Å². The van der Waals surface area contributed by atoms with Crippen LogP contribution in [0.15, 0.2) is 30.3 Å². The maximum absolute atomic E-state index is 12.6. The van der Waals surface area contributed by atoms with Crippen LogP contribution in [0.1, 0.15) is 52.5 Å². The minimum atomic E-state index is -0.725. The molecule has 0 saturated carbocycles. The van der Waals surface area contributed by atoms with Crippen molar-refractivity contribution >= 4 is 18.0 Å². The lowest BCUT2D eigenvalue weighted by molar-refractivity contribution is -0.141. The number of nitrogens with zero attached hydrogens (tertiary/aromatic N) is 2. The minimum Gasteiger partial charge on any atom is -0.444 e. The number of carbonyl (C=O) groups is 3. The van der Waals surface area contributed by atoms with E-state index in [4.69, 9.17) is 15.4 Å². The number of fused-ring (bicyclic) bond motifs is 2. The third-order valence-corrected chi connectivity index (χ3v) is 4.72. The van der Waals surface area contributed by atoms with Crippen LogP contribution in [-0.2, 0) is 25.8 Å². The number of urea groups is 1. The van der Waals surface area contributed by atoms with Crippen molar-refractivity contribution in [2.45, 2.75) is 71.2 Å². The second kappa shape index (κ2) is 11.7. The van der Waals surface area contributed by atoms with E-state index in [1.54, 1.807) is 25.7 Å². The topological polar surface area (TPSA) is 123 Å². The minimum absolute atomic E-state index is 0.00169. The number of hydrogen-bond acceptors (Lipinski definition) is 6. The molecule has 2 aliphatic heterocycles. The molecule has 4 amide bonds. The lowest BCUT2D eigenvalue weighted by Gasteiger charge is -2.28. The van der Waals surface area contributed by atoms with Gasteiger partial charge in [-0.2, -0.15) is 5.06 Å². The van der Waals surface area contributed by atoms with Crippen molar-refractivity contribution in [1.82, 2.24) is 15.4 Å². The smallest absolute Gasteiger partial charge is 0.405 e.